The molecule has 5 aromatic rings. The molecule has 6 aliphatic rings. The molecule has 1 unspecified atom stereocenters. The summed E-state index contributed by atoms with van der Waals surface area (Å²) in [5, 5.41) is 27.7. The van der Waals surface area contributed by atoms with Gasteiger partial charge in [0, 0.05) is 129 Å². The highest BCUT2D eigenvalue weighted by Gasteiger charge is 2.41. The number of anilines is 6. The van der Waals surface area contributed by atoms with E-state index in [0.29, 0.717) is 78.2 Å². The van der Waals surface area contributed by atoms with Gasteiger partial charge in [0.15, 0.2) is 5.82 Å². The lowest BCUT2D eigenvalue weighted by Gasteiger charge is -2.47. The first-order chi connectivity index (χ1) is 35.5. The Balaban J connectivity index is 0.770. The number of nitrogens with zero attached hydrogens (tertiary/aromatic N) is 9. The van der Waals surface area contributed by atoms with E-state index >= 15 is 0 Å². The first kappa shape index (κ1) is 49.4. The van der Waals surface area contributed by atoms with Crippen molar-refractivity contribution < 1.29 is 24.6 Å². The predicted molar refractivity (Wildman–Crippen MR) is 287 cm³/mol. The molecular formula is C57H69N11O6. The molecule has 7 heterocycles. The molecule has 2 aliphatic carbocycles. The van der Waals surface area contributed by atoms with Crippen LogP contribution >= 0.6 is 0 Å². The highest BCUT2D eigenvalue weighted by atomic mass is 16.3. The van der Waals surface area contributed by atoms with Crippen LogP contribution in [-0.2, 0) is 44.4 Å². The third-order valence-electron chi connectivity index (χ3n) is 16.9. The van der Waals surface area contributed by atoms with Gasteiger partial charge in [-0.1, -0.05) is 26.5 Å². The number of nitrogens with one attached hydrogen (secondary N) is 2. The van der Waals surface area contributed by atoms with Crippen LogP contribution in [0.3, 0.4) is 0 Å². The zero-order valence-corrected chi connectivity index (χ0v) is 43.4. The number of carbonyl (C=O) groups excluding carboxylic acids is 3. The third kappa shape index (κ3) is 9.06. The number of amides is 3. The van der Waals surface area contributed by atoms with Crippen molar-refractivity contribution in [2.75, 3.05) is 64.6 Å². The molecule has 2 saturated heterocycles. The second-order valence-electron chi connectivity index (χ2n) is 22.6. The maximum absolute atomic E-state index is 14.1. The van der Waals surface area contributed by atoms with Crippen molar-refractivity contribution in [2.45, 2.75) is 122 Å². The Bertz CT molecular complexity index is 3120. The first-order valence-electron chi connectivity index (χ1n) is 26.4. The lowest BCUT2D eigenvalue weighted by atomic mass is 9.83. The fraction of sp³-hybridized carbons (Fsp3) is 0.474. The molecule has 17 nitrogen and oxygen atoms in total. The molecular weight excluding hydrogens is 935 g/mol. The summed E-state index contributed by atoms with van der Waals surface area (Å²) in [5.74, 6) is -0.00774. The minimum atomic E-state index is -0.645. The largest absolute Gasteiger partial charge is 0.392 e. The molecule has 388 valence electrons. The van der Waals surface area contributed by atoms with Gasteiger partial charge in [-0.25, -0.2) is 9.97 Å². The van der Waals surface area contributed by atoms with E-state index in [1.165, 1.54) is 27.6 Å². The summed E-state index contributed by atoms with van der Waals surface area (Å²) in [7, 11) is 1.64. The number of rotatable bonds is 11. The van der Waals surface area contributed by atoms with Crippen molar-refractivity contribution in [3.05, 3.63) is 118 Å². The minimum Gasteiger partial charge on any atom is -0.392 e. The normalized spacial score (nSPS) is 23.0. The number of piperidine rings is 1. The van der Waals surface area contributed by atoms with Gasteiger partial charge in [0.1, 0.15) is 11.5 Å². The molecule has 1 atom stereocenters. The number of aromatic nitrogens is 4. The average Bonchev–Trinajstić information content (AvgIpc) is 4.02. The second-order valence-corrected chi connectivity index (χ2v) is 22.6. The molecule has 3 fully saturated rings. The van der Waals surface area contributed by atoms with E-state index in [1.807, 2.05) is 48.2 Å². The van der Waals surface area contributed by atoms with Crippen LogP contribution in [0, 0.1) is 5.41 Å². The average molecular weight is 1000 g/mol. The number of aliphatic hydroxyl groups is 2. The number of benzene rings is 2. The van der Waals surface area contributed by atoms with E-state index in [2.05, 4.69) is 68.3 Å². The summed E-state index contributed by atoms with van der Waals surface area (Å²) >= 11 is 0. The van der Waals surface area contributed by atoms with Gasteiger partial charge in [0.2, 0.25) is 5.91 Å². The number of aryl methyl sites for hydroxylation is 1. The Hall–Kier alpha value is -6.82. The summed E-state index contributed by atoms with van der Waals surface area (Å²) in [6.45, 7) is 17.8. The van der Waals surface area contributed by atoms with Gasteiger partial charge in [-0.05, 0) is 125 Å². The molecule has 2 aromatic carbocycles. The molecule has 74 heavy (non-hydrogen) atoms. The standard InChI is InChI=1S/C57H69N11O6/c1-7-50(70)60-44-28-37(59-51-55(73)62(6)33-45(61-51)40-15-20-58-52(43(40)34-69)67-26-25-66-48(54(67)72)27-36-29-56(3,4)30-49(36)66)11-12-47(44)65-24-23-64(31-35(65)2)38-16-21-63(22-17-38)46-10-8-9-41-42(46)32-68(53(41)71)39-13-18-57(5,74)19-14-39/h7-12,15,20,27-28,33,35,38-39,69,74H,1,13-14,16-19,21-26,29-32,34H2,2-6H3,(H,59,61)(H,60,70). The zero-order valence-electron chi connectivity index (χ0n) is 43.4. The molecule has 3 aromatic heterocycles. The Morgan fingerprint density at radius 2 is 1.66 bits per heavy atom. The Morgan fingerprint density at radius 1 is 0.878 bits per heavy atom. The van der Waals surface area contributed by atoms with Crippen molar-refractivity contribution in [1.29, 1.82) is 0 Å². The Labute approximate surface area is 432 Å². The quantitative estimate of drug-likeness (QED) is 0.104. The number of hydrogen-bond acceptors (Lipinski definition) is 12. The van der Waals surface area contributed by atoms with Crippen LogP contribution in [0.4, 0.5) is 34.4 Å². The van der Waals surface area contributed by atoms with E-state index in [-0.39, 0.29) is 46.6 Å². The molecule has 17 heteroatoms. The predicted octanol–water partition coefficient (Wildman–Crippen LogP) is 6.62. The van der Waals surface area contributed by atoms with Crippen LogP contribution in [0.5, 0.6) is 0 Å². The van der Waals surface area contributed by atoms with Crippen molar-refractivity contribution in [2.24, 2.45) is 12.5 Å². The van der Waals surface area contributed by atoms with Gasteiger partial charge in [0.05, 0.1) is 29.3 Å². The maximum atomic E-state index is 14.1. The van der Waals surface area contributed by atoms with Gasteiger partial charge >= 0.3 is 0 Å². The molecule has 4 aliphatic heterocycles. The van der Waals surface area contributed by atoms with Gasteiger partial charge in [-0.15, -0.1) is 0 Å². The number of piperazine rings is 1. The van der Waals surface area contributed by atoms with Crippen molar-refractivity contribution in [3.63, 3.8) is 0 Å². The topological polar surface area (TPSA) is 185 Å². The van der Waals surface area contributed by atoms with E-state index < -0.39 is 12.2 Å². The van der Waals surface area contributed by atoms with Crippen molar-refractivity contribution in [1.82, 2.24) is 28.9 Å². The van der Waals surface area contributed by atoms with E-state index in [1.54, 1.807) is 30.4 Å². The summed E-state index contributed by atoms with van der Waals surface area (Å²) in [6.07, 6.45) is 11.4. The number of carbonyl (C=O) groups is 3. The van der Waals surface area contributed by atoms with Crippen LogP contribution in [0.1, 0.15) is 109 Å². The molecule has 0 bridgehead atoms. The lowest BCUT2D eigenvalue weighted by molar-refractivity contribution is -0.111. The maximum Gasteiger partial charge on any atom is 0.293 e. The zero-order chi connectivity index (χ0) is 51.8. The fourth-order valence-electron chi connectivity index (χ4n) is 12.9. The molecule has 1 saturated carbocycles. The molecule has 0 radical (unpaired) electrons. The highest BCUT2D eigenvalue weighted by molar-refractivity contribution is 6.06. The van der Waals surface area contributed by atoms with Gasteiger partial charge < -0.3 is 44.7 Å². The second kappa shape index (κ2) is 19.1. The van der Waals surface area contributed by atoms with Crippen LogP contribution in [0.25, 0.3) is 11.3 Å². The van der Waals surface area contributed by atoms with Crippen molar-refractivity contribution in [3.8, 4) is 11.3 Å². The minimum absolute atomic E-state index is 0.0425. The van der Waals surface area contributed by atoms with E-state index in [9.17, 15) is 29.4 Å². The third-order valence-corrected chi connectivity index (χ3v) is 16.9. The van der Waals surface area contributed by atoms with Crippen LogP contribution in [0.2, 0.25) is 0 Å². The SMILES string of the molecule is C=CC(=O)Nc1cc(Nc2nc(-c3ccnc(N4CCn5c(cc6c5CC(C)(C)C6)C4=O)c3CO)cn(C)c2=O)ccc1N1CCN(C2CCN(c3cccc4c3CN(C3CCC(C)(O)CC3)C4=O)CC2)CC1C. The number of aliphatic hydroxyl groups excluding tert-OH is 1. The highest BCUT2D eigenvalue weighted by Crippen LogP contribution is 2.42. The number of hydrogen-bond donors (Lipinski definition) is 4. The summed E-state index contributed by atoms with van der Waals surface area (Å²) in [5.41, 5.74) is 8.66. The summed E-state index contributed by atoms with van der Waals surface area (Å²) in [4.78, 5) is 75.0. The summed E-state index contributed by atoms with van der Waals surface area (Å²) in [6, 6.07) is 16.3. The van der Waals surface area contributed by atoms with E-state index in [0.717, 1.165) is 88.1 Å². The molecule has 3 amide bonds. The van der Waals surface area contributed by atoms with Gasteiger partial charge in [0.25, 0.3) is 17.4 Å². The lowest BCUT2D eigenvalue weighted by Crippen LogP contribution is -2.57. The molecule has 11 rings (SSSR count). The van der Waals surface area contributed by atoms with Crippen LogP contribution in [0.15, 0.2) is 78.4 Å². The number of fused-ring (bicyclic) bond motifs is 4. The van der Waals surface area contributed by atoms with Crippen molar-refractivity contribution >= 4 is 52.1 Å². The fourth-order valence-corrected chi connectivity index (χ4v) is 12.9. The number of pyridine rings is 1. The molecule has 4 N–H and O–H groups in total. The smallest absolute Gasteiger partial charge is 0.293 e. The van der Waals surface area contributed by atoms with E-state index in [4.69, 9.17) is 4.98 Å². The van der Waals surface area contributed by atoms with Crippen LogP contribution < -0.4 is 30.9 Å². The van der Waals surface area contributed by atoms with Gasteiger partial charge in [-0.3, -0.25) is 29.0 Å². The summed E-state index contributed by atoms with van der Waals surface area (Å²) < 4.78 is 3.58. The van der Waals surface area contributed by atoms with Gasteiger partial charge in [-0.2, -0.15) is 0 Å². The monoisotopic (exact) mass is 1000 g/mol. The first-order valence-corrected chi connectivity index (χ1v) is 26.4. The Morgan fingerprint density at radius 3 is 2.41 bits per heavy atom. The molecule has 0 spiro atoms. The Kier molecular flexibility index (Phi) is 12.8. The van der Waals surface area contributed by atoms with Crippen LogP contribution in [-0.4, -0.2) is 120 Å².